The number of nitrogens with zero attached hydrogens (tertiary/aromatic N) is 2. The van der Waals surface area contributed by atoms with E-state index in [2.05, 4.69) is 0 Å². The van der Waals surface area contributed by atoms with Gasteiger partial charge in [0.1, 0.15) is 5.70 Å². The normalized spacial score (nSPS) is 23.7. The molecule has 2 heterocycles. The van der Waals surface area contributed by atoms with Crippen molar-refractivity contribution in [2.24, 2.45) is 0 Å². The molecule has 0 N–H and O–H groups in total. The van der Waals surface area contributed by atoms with Gasteiger partial charge in [0.25, 0.3) is 11.8 Å². The van der Waals surface area contributed by atoms with E-state index in [-0.39, 0.29) is 24.0 Å². The van der Waals surface area contributed by atoms with Crippen molar-refractivity contribution in [2.75, 3.05) is 34.4 Å². The highest BCUT2D eigenvalue weighted by Crippen LogP contribution is 2.36. The summed E-state index contributed by atoms with van der Waals surface area (Å²) in [6.45, 7) is 5.04. The second-order valence-corrected chi connectivity index (χ2v) is 6.62. The van der Waals surface area contributed by atoms with Gasteiger partial charge in [0.15, 0.2) is 11.5 Å². The maximum Gasteiger partial charge on any atom is 0.277 e. The summed E-state index contributed by atoms with van der Waals surface area (Å²) in [5.74, 6) is 0.470. The number of imide groups is 1. The maximum absolute atomic E-state index is 12.8. The molecule has 1 fully saturated rings. The lowest BCUT2D eigenvalue weighted by Crippen LogP contribution is -2.46. The molecular weight excluding hydrogens is 336 g/mol. The van der Waals surface area contributed by atoms with Gasteiger partial charge in [0.05, 0.1) is 32.0 Å². The number of methoxy groups -OCH3 is 2. The summed E-state index contributed by atoms with van der Waals surface area (Å²) in [4.78, 5) is 28.7. The van der Waals surface area contributed by atoms with Crippen LogP contribution in [0.25, 0.3) is 5.57 Å². The van der Waals surface area contributed by atoms with E-state index >= 15 is 0 Å². The van der Waals surface area contributed by atoms with Crippen LogP contribution < -0.4 is 9.47 Å². The predicted octanol–water partition coefficient (Wildman–Crippen LogP) is 1.52. The van der Waals surface area contributed by atoms with Crippen LogP contribution in [0.4, 0.5) is 0 Å². The van der Waals surface area contributed by atoms with E-state index in [1.807, 2.05) is 18.7 Å². The van der Waals surface area contributed by atoms with Crippen molar-refractivity contribution in [1.82, 2.24) is 9.80 Å². The summed E-state index contributed by atoms with van der Waals surface area (Å²) in [5.41, 5.74) is 1.44. The number of hydrogen-bond acceptors (Lipinski definition) is 6. The summed E-state index contributed by atoms with van der Waals surface area (Å²) < 4.78 is 16.4. The Hall–Kier alpha value is -2.54. The van der Waals surface area contributed by atoms with Crippen LogP contribution in [0.1, 0.15) is 19.4 Å². The molecule has 0 bridgehead atoms. The van der Waals surface area contributed by atoms with Crippen LogP contribution in [0, 0.1) is 0 Å². The molecule has 0 spiro atoms. The molecule has 2 aliphatic rings. The Morgan fingerprint density at radius 2 is 1.62 bits per heavy atom. The minimum absolute atomic E-state index is 0.0216. The first-order valence-corrected chi connectivity index (χ1v) is 8.56. The van der Waals surface area contributed by atoms with E-state index in [9.17, 15) is 9.59 Å². The molecule has 0 aliphatic carbocycles. The van der Waals surface area contributed by atoms with Crippen molar-refractivity contribution >= 4 is 17.4 Å². The molecule has 2 aliphatic heterocycles. The van der Waals surface area contributed by atoms with Gasteiger partial charge in [-0.05, 0) is 31.5 Å². The number of morpholine rings is 1. The molecule has 26 heavy (non-hydrogen) atoms. The molecule has 7 heteroatoms. The minimum Gasteiger partial charge on any atom is -0.493 e. The summed E-state index contributed by atoms with van der Waals surface area (Å²) in [5, 5.41) is 0. The SMILES string of the molecule is COc1ccc(C2=C(N3CC(C)OC(C)C3)C(=O)N(C)C2=O)cc1OC. The van der Waals surface area contributed by atoms with E-state index in [1.54, 1.807) is 25.3 Å². The number of benzene rings is 1. The Morgan fingerprint density at radius 1 is 1.00 bits per heavy atom. The van der Waals surface area contributed by atoms with Gasteiger partial charge in [-0.1, -0.05) is 6.07 Å². The van der Waals surface area contributed by atoms with Gasteiger partial charge >= 0.3 is 0 Å². The number of likely N-dealkylation sites (N-methyl/N-ethyl adjacent to an activating group) is 1. The number of ether oxygens (including phenoxy) is 3. The zero-order valence-electron chi connectivity index (χ0n) is 15.7. The molecule has 140 valence electrons. The molecule has 3 rings (SSSR count). The molecule has 2 atom stereocenters. The molecule has 0 radical (unpaired) electrons. The third-order valence-electron chi connectivity index (χ3n) is 4.67. The molecule has 0 aromatic heterocycles. The standard InChI is InChI=1S/C19H24N2O5/c1-11-9-21(10-12(2)26-11)17-16(18(22)20(3)19(17)23)13-6-7-14(24-4)15(8-13)25-5/h6-8,11-12H,9-10H2,1-5H3. The van der Waals surface area contributed by atoms with Gasteiger partial charge in [0.2, 0.25) is 0 Å². The second kappa shape index (κ2) is 6.99. The van der Waals surface area contributed by atoms with Crippen molar-refractivity contribution in [3.05, 3.63) is 29.5 Å². The third-order valence-corrected chi connectivity index (χ3v) is 4.67. The quantitative estimate of drug-likeness (QED) is 0.759. The highest BCUT2D eigenvalue weighted by atomic mass is 16.5. The molecule has 2 unspecified atom stereocenters. The van der Waals surface area contributed by atoms with Crippen LogP contribution in [0.15, 0.2) is 23.9 Å². The van der Waals surface area contributed by atoms with Gasteiger partial charge in [-0.15, -0.1) is 0 Å². The highest BCUT2D eigenvalue weighted by Gasteiger charge is 2.41. The van der Waals surface area contributed by atoms with Gasteiger partial charge in [0, 0.05) is 20.1 Å². The topological polar surface area (TPSA) is 68.3 Å². The highest BCUT2D eigenvalue weighted by molar-refractivity contribution is 6.35. The fraction of sp³-hybridized carbons (Fsp3) is 0.474. The van der Waals surface area contributed by atoms with Crippen LogP contribution in [0.5, 0.6) is 11.5 Å². The summed E-state index contributed by atoms with van der Waals surface area (Å²) in [7, 11) is 4.60. The van der Waals surface area contributed by atoms with Crippen LogP contribution in [0.3, 0.4) is 0 Å². The lowest BCUT2D eigenvalue weighted by molar-refractivity contribution is -0.136. The van der Waals surface area contributed by atoms with E-state index in [1.165, 1.54) is 14.2 Å². The molecule has 1 aromatic carbocycles. The summed E-state index contributed by atoms with van der Waals surface area (Å²) in [6, 6.07) is 5.24. The number of rotatable bonds is 4. The van der Waals surface area contributed by atoms with Gasteiger partial charge < -0.3 is 19.1 Å². The fourth-order valence-corrected chi connectivity index (χ4v) is 3.53. The van der Waals surface area contributed by atoms with E-state index < -0.39 is 0 Å². The van der Waals surface area contributed by atoms with Crippen molar-refractivity contribution in [3.8, 4) is 11.5 Å². The van der Waals surface area contributed by atoms with Crippen LogP contribution in [0.2, 0.25) is 0 Å². The minimum atomic E-state index is -0.316. The molecule has 2 amide bonds. The Kier molecular flexibility index (Phi) is 4.91. The van der Waals surface area contributed by atoms with Crippen molar-refractivity contribution in [3.63, 3.8) is 0 Å². The average Bonchev–Trinajstić information content (AvgIpc) is 2.84. The largest absolute Gasteiger partial charge is 0.493 e. The maximum atomic E-state index is 12.8. The second-order valence-electron chi connectivity index (χ2n) is 6.62. The molecule has 1 saturated heterocycles. The smallest absolute Gasteiger partial charge is 0.277 e. The van der Waals surface area contributed by atoms with Gasteiger partial charge in [-0.3, -0.25) is 14.5 Å². The average molecular weight is 360 g/mol. The number of hydrogen-bond donors (Lipinski definition) is 0. The van der Waals surface area contributed by atoms with E-state index in [0.29, 0.717) is 41.4 Å². The number of carbonyl (C=O) groups excluding carboxylic acids is 2. The third kappa shape index (κ3) is 3.03. The molecule has 1 aromatic rings. The van der Waals surface area contributed by atoms with E-state index in [4.69, 9.17) is 14.2 Å². The van der Waals surface area contributed by atoms with Gasteiger partial charge in [-0.25, -0.2) is 0 Å². The summed E-state index contributed by atoms with van der Waals surface area (Å²) >= 11 is 0. The van der Waals surface area contributed by atoms with Crippen LogP contribution in [-0.4, -0.2) is 68.2 Å². The Balaban J connectivity index is 2.12. The van der Waals surface area contributed by atoms with Crippen LogP contribution >= 0.6 is 0 Å². The zero-order chi connectivity index (χ0) is 19.0. The van der Waals surface area contributed by atoms with Crippen molar-refractivity contribution < 1.29 is 23.8 Å². The first-order valence-electron chi connectivity index (χ1n) is 8.56. The Bertz CT molecular complexity index is 763. The lowest BCUT2D eigenvalue weighted by atomic mass is 10.0. The van der Waals surface area contributed by atoms with Gasteiger partial charge in [-0.2, -0.15) is 0 Å². The van der Waals surface area contributed by atoms with Crippen molar-refractivity contribution in [1.29, 1.82) is 0 Å². The Morgan fingerprint density at radius 3 is 2.19 bits per heavy atom. The molecule has 0 saturated carbocycles. The molecular formula is C19H24N2O5. The first kappa shape index (κ1) is 18.3. The van der Waals surface area contributed by atoms with Crippen LogP contribution in [-0.2, 0) is 14.3 Å². The first-order chi connectivity index (χ1) is 12.4. The molecule has 7 nitrogen and oxygen atoms in total. The number of amides is 2. The lowest BCUT2D eigenvalue weighted by Gasteiger charge is -2.37. The van der Waals surface area contributed by atoms with Crippen molar-refractivity contribution in [2.45, 2.75) is 26.1 Å². The van der Waals surface area contributed by atoms with E-state index in [0.717, 1.165) is 4.90 Å². The Labute approximate surface area is 153 Å². The number of carbonyl (C=O) groups is 2. The zero-order valence-corrected chi connectivity index (χ0v) is 15.7. The predicted molar refractivity (Wildman–Crippen MR) is 95.8 cm³/mol. The summed E-state index contributed by atoms with van der Waals surface area (Å²) in [6.07, 6.45) is -0.0431. The monoisotopic (exact) mass is 360 g/mol. The fourth-order valence-electron chi connectivity index (χ4n) is 3.53.